The number of hydrogen-bond donors (Lipinski definition) is 1. The molecule has 0 aliphatic carbocycles. The van der Waals surface area contributed by atoms with Crippen LogP contribution < -0.4 is 10.7 Å². The molecule has 6 heteroatoms. The van der Waals surface area contributed by atoms with E-state index in [1.165, 1.54) is 4.90 Å². The molecule has 5 nitrogen and oxygen atoms in total. The molecule has 0 saturated carbocycles. The fraction of sp³-hybridized carbons (Fsp3) is 0.200. The Kier molecular flexibility index (Phi) is 2.70. The highest BCUT2D eigenvalue weighted by Crippen LogP contribution is 2.19. The molecule has 1 N–H and O–H groups in total. The Hall–Kier alpha value is -1.75. The van der Waals surface area contributed by atoms with E-state index in [0.717, 1.165) is 0 Å². The van der Waals surface area contributed by atoms with Crippen molar-refractivity contribution in [3.63, 3.8) is 0 Å². The molecule has 0 fully saturated rings. The van der Waals surface area contributed by atoms with Crippen LogP contribution >= 0.6 is 11.6 Å². The van der Waals surface area contributed by atoms with Crippen molar-refractivity contribution < 1.29 is 9.21 Å². The van der Waals surface area contributed by atoms with Crippen LogP contribution in [0.15, 0.2) is 27.4 Å². The summed E-state index contributed by atoms with van der Waals surface area (Å²) in [7, 11) is 1.62. The van der Waals surface area contributed by atoms with E-state index in [4.69, 9.17) is 16.0 Å². The molecule has 16 heavy (non-hydrogen) atoms. The number of nitrogens with zero attached hydrogens (tertiary/aromatic N) is 1. The van der Waals surface area contributed by atoms with Gasteiger partial charge in [0.25, 0.3) is 0 Å². The summed E-state index contributed by atoms with van der Waals surface area (Å²) < 4.78 is 4.85. The maximum Gasteiger partial charge on any atom is 0.417 e. The van der Waals surface area contributed by atoms with Gasteiger partial charge in [-0.15, -0.1) is 11.6 Å². The van der Waals surface area contributed by atoms with Crippen LogP contribution in [0, 0.1) is 0 Å². The molecule has 1 amide bonds. The minimum atomic E-state index is -0.515. The summed E-state index contributed by atoms with van der Waals surface area (Å²) in [5.74, 6) is -0.818. The predicted octanol–water partition coefficient (Wildman–Crippen LogP) is 1.32. The van der Waals surface area contributed by atoms with E-state index in [9.17, 15) is 9.59 Å². The number of anilines is 1. The van der Waals surface area contributed by atoms with Crippen molar-refractivity contribution in [2.75, 3.05) is 17.8 Å². The number of halogens is 1. The normalized spacial score (nSPS) is 10.6. The number of carbonyl (C=O) groups is 1. The fourth-order valence-corrected chi connectivity index (χ4v) is 1.56. The summed E-state index contributed by atoms with van der Waals surface area (Å²) in [6, 6.07) is 4.97. The highest BCUT2D eigenvalue weighted by atomic mass is 35.5. The van der Waals surface area contributed by atoms with Crippen molar-refractivity contribution >= 4 is 34.3 Å². The van der Waals surface area contributed by atoms with Gasteiger partial charge >= 0.3 is 5.76 Å². The largest absolute Gasteiger partial charge is 0.417 e. The van der Waals surface area contributed by atoms with E-state index in [0.29, 0.717) is 16.8 Å². The summed E-state index contributed by atoms with van der Waals surface area (Å²) >= 11 is 5.45. The number of aromatic nitrogens is 1. The molecule has 84 valence electrons. The third-order valence-electron chi connectivity index (χ3n) is 2.28. The molecule has 0 unspecified atom stereocenters. The predicted molar refractivity (Wildman–Crippen MR) is 61.0 cm³/mol. The van der Waals surface area contributed by atoms with Crippen LogP contribution in [0.5, 0.6) is 0 Å². The van der Waals surface area contributed by atoms with Gasteiger partial charge in [-0.2, -0.15) is 0 Å². The molecule has 2 rings (SSSR count). The molecule has 0 saturated heterocycles. The second-order valence-corrected chi connectivity index (χ2v) is 3.55. The van der Waals surface area contributed by atoms with Crippen molar-refractivity contribution in [3.05, 3.63) is 28.7 Å². The van der Waals surface area contributed by atoms with Gasteiger partial charge in [-0.3, -0.25) is 9.78 Å². The summed E-state index contributed by atoms with van der Waals surface area (Å²) in [5, 5.41) is 0. The average Bonchev–Trinajstić information content (AvgIpc) is 2.65. The standard InChI is InChI=1S/C10H9ClN2O3/c1-13(9(14)5-11)6-2-3-8-7(4-6)12-10(15)16-8/h2-4H,5H2,1H3,(H,12,15). The van der Waals surface area contributed by atoms with Crippen LogP contribution in [0.3, 0.4) is 0 Å². The average molecular weight is 241 g/mol. The minimum absolute atomic E-state index is 0.0869. The van der Waals surface area contributed by atoms with E-state index in [2.05, 4.69) is 4.98 Å². The fourth-order valence-electron chi connectivity index (χ4n) is 1.38. The zero-order chi connectivity index (χ0) is 11.7. The number of carbonyl (C=O) groups excluding carboxylic acids is 1. The number of fused-ring (bicyclic) bond motifs is 1. The van der Waals surface area contributed by atoms with Crippen LogP contribution in [-0.2, 0) is 4.79 Å². The molecule has 0 bridgehead atoms. The number of nitrogens with one attached hydrogen (secondary N) is 1. The SMILES string of the molecule is CN(C(=O)CCl)c1ccc2oc(=O)[nH]c2c1. The van der Waals surface area contributed by atoms with Gasteiger partial charge in [-0.25, -0.2) is 4.79 Å². The summed E-state index contributed by atoms with van der Waals surface area (Å²) in [6.07, 6.45) is 0. The second kappa shape index (κ2) is 4.02. The summed E-state index contributed by atoms with van der Waals surface area (Å²) in [4.78, 5) is 26.2. The van der Waals surface area contributed by atoms with Gasteiger partial charge in [0, 0.05) is 12.7 Å². The Morgan fingerprint density at radius 1 is 1.56 bits per heavy atom. The Morgan fingerprint density at radius 3 is 3.00 bits per heavy atom. The van der Waals surface area contributed by atoms with Gasteiger partial charge in [0.2, 0.25) is 5.91 Å². The quantitative estimate of drug-likeness (QED) is 0.806. The van der Waals surface area contributed by atoms with Gasteiger partial charge in [-0.1, -0.05) is 0 Å². The lowest BCUT2D eigenvalue weighted by molar-refractivity contribution is -0.116. The lowest BCUT2D eigenvalue weighted by Crippen LogP contribution is -2.27. The molecule has 0 aliphatic rings. The Labute approximate surface area is 95.6 Å². The van der Waals surface area contributed by atoms with Crippen molar-refractivity contribution in [3.8, 4) is 0 Å². The van der Waals surface area contributed by atoms with E-state index < -0.39 is 5.76 Å². The lowest BCUT2D eigenvalue weighted by atomic mass is 10.2. The van der Waals surface area contributed by atoms with Crippen LogP contribution in [0.2, 0.25) is 0 Å². The molecule has 0 radical (unpaired) electrons. The summed E-state index contributed by atoms with van der Waals surface area (Å²) in [6.45, 7) is 0. The highest BCUT2D eigenvalue weighted by molar-refractivity contribution is 6.29. The van der Waals surface area contributed by atoms with Crippen LogP contribution in [-0.4, -0.2) is 23.8 Å². The Morgan fingerprint density at radius 2 is 2.31 bits per heavy atom. The molecule has 2 aromatic rings. The van der Waals surface area contributed by atoms with Crippen LogP contribution in [0.4, 0.5) is 5.69 Å². The highest BCUT2D eigenvalue weighted by Gasteiger charge is 2.10. The second-order valence-electron chi connectivity index (χ2n) is 3.28. The first-order valence-electron chi connectivity index (χ1n) is 4.57. The van der Waals surface area contributed by atoms with Gasteiger partial charge in [0.15, 0.2) is 5.58 Å². The molecule has 0 spiro atoms. The zero-order valence-corrected chi connectivity index (χ0v) is 9.25. The van der Waals surface area contributed by atoms with Gasteiger partial charge < -0.3 is 9.32 Å². The minimum Gasteiger partial charge on any atom is -0.408 e. The topological polar surface area (TPSA) is 66.3 Å². The summed E-state index contributed by atoms with van der Waals surface area (Å²) in [5.41, 5.74) is 1.66. The number of oxazole rings is 1. The van der Waals surface area contributed by atoms with Crippen LogP contribution in [0.1, 0.15) is 0 Å². The molecule has 0 aliphatic heterocycles. The number of alkyl halides is 1. The van der Waals surface area contributed by atoms with Gasteiger partial charge in [0.05, 0.1) is 5.52 Å². The first kappa shape index (κ1) is 10.8. The van der Waals surface area contributed by atoms with E-state index >= 15 is 0 Å². The van der Waals surface area contributed by atoms with Gasteiger partial charge in [-0.05, 0) is 18.2 Å². The number of aromatic amines is 1. The Bertz CT molecular complexity index is 587. The maximum atomic E-state index is 11.4. The van der Waals surface area contributed by atoms with E-state index in [-0.39, 0.29) is 11.8 Å². The van der Waals surface area contributed by atoms with Crippen LogP contribution in [0.25, 0.3) is 11.1 Å². The number of H-pyrrole nitrogens is 1. The Balaban J connectivity index is 2.46. The van der Waals surface area contributed by atoms with Crippen molar-refractivity contribution in [1.82, 2.24) is 4.98 Å². The first-order chi connectivity index (χ1) is 7.61. The molecule has 1 aromatic heterocycles. The number of amides is 1. The smallest absolute Gasteiger partial charge is 0.408 e. The monoisotopic (exact) mass is 240 g/mol. The van der Waals surface area contributed by atoms with Crippen molar-refractivity contribution in [2.45, 2.75) is 0 Å². The molecular weight excluding hydrogens is 232 g/mol. The lowest BCUT2D eigenvalue weighted by Gasteiger charge is -2.15. The van der Waals surface area contributed by atoms with Crippen molar-refractivity contribution in [2.24, 2.45) is 0 Å². The van der Waals surface area contributed by atoms with E-state index in [1.807, 2.05) is 0 Å². The third-order valence-corrected chi connectivity index (χ3v) is 2.51. The number of hydrogen-bond acceptors (Lipinski definition) is 3. The van der Waals surface area contributed by atoms with E-state index in [1.54, 1.807) is 25.2 Å². The molecule has 0 atom stereocenters. The molecule has 1 aromatic carbocycles. The van der Waals surface area contributed by atoms with Gasteiger partial charge in [0.1, 0.15) is 5.88 Å². The third kappa shape index (κ3) is 1.81. The maximum absolute atomic E-state index is 11.4. The molecule has 1 heterocycles. The van der Waals surface area contributed by atoms with Crippen molar-refractivity contribution in [1.29, 1.82) is 0 Å². The first-order valence-corrected chi connectivity index (χ1v) is 5.10. The number of rotatable bonds is 2. The number of benzene rings is 1. The molecular formula is C10H9ClN2O3. The zero-order valence-electron chi connectivity index (χ0n) is 8.49.